The van der Waals surface area contributed by atoms with E-state index in [0.717, 1.165) is 34.3 Å². The monoisotopic (exact) mass is 345 g/mol. The van der Waals surface area contributed by atoms with Gasteiger partial charge in [-0.3, -0.25) is 14.6 Å². The Balaban J connectivity index is 1.86. The second-order valence-electron chi connectivity index (χ2n) is 5.11. The molecule has 0 fully saturated rings. The van der Waals surface area contributed by atoms with E-state index in [1.807, 2.05) is 19.3 Å². The second-order valence-corrected chi connectivity index (χ2v) is 6.03. The minimum atomic E-state index is 0.747. The molecule has 6 heteroatoms. The maximum Gasteiger partial charge on any atom is 0.140 e. The van der Waals surface area contributed by atoms with Crippen molar-refractivity contribution in [2.45, 2.75) is 13.1 Å². The highest BCUT2D eigenvalue weighted by molar-refractivity contribution is 9.10. The van der Waals surface area contributed by atoms with Crippen LogP contribution in [0.3, 0.4) is 0 Å². The fraction of sp³-hybridized carbons (Fsp3) is 0.267. The molecule has 2 aromatic heterocycles. The Morgan fingerprint density at radius 3 is 2.86 bits per heavy atom. The Morgan fingerprint density at radius 2 is 2.10 bits per heavy atom. The summed E-state index contributed by atoms with van der Waals surface area (Å²) >= 11 is 3.57. The second kappa shape index (κ2) is 5.91. The number of halogens is 1. The standard InChI is InChI=1S/C15H16BrN5/c1-20(9-14-18-10-19-21(14)2)8-12-7-13(16)6-11-4-3-5-17-15(11)12/h3-7,10H,8-9H2,1-2H3. The van der Waals surface area contributed by atoms with Crippen LogP contribution in [0, 0.1) is 0 Å². The summed E-state index contributed by atoms with van der Waals surface area (Å²) in [5.41, 5.74) is 2.25. The van der Waals surface area contributed by atoms with Crippen LogP contribution in [0.5, 0.6) is 0 Å². The molecule has 0 aliphatic rings. The van der Waals surface area contributed by atoms with Crippen molar-refractivity contribution in [3.05, 3.63) is 52.7 Å². The predicted molar refractivity (Wildman–Crippen MR) is 85.6 cm³/mol. The van der Waals surface area contributed by atoms with Crippen molar-refractivity contribution in [1.29, 1.82) is 0 Å². The molecule has 0 aliphatic heterocycles. The smallest absolute Gasteiger partial charge is 0.140 e. The topological polar surface area (TPSA) is 46.8 Å². The normalized spacial score (nSPS) is 11.4. The van der Waals surface area contributed by atoms with Crippen molar-refractivity contribution in [2.75, 3.05) is 7.05 Å². The van der Waals surface area contributed by atoms with Gasteiger partial charge >= 0.3 is 0 Å². The minimum absolute atomic E-state index is 0.747. The number of hydrogen-bond acceptors (Lipinski definition) is 4. The number of aryl methyl sites for hydroxylation is 1. The van der Waals surface area contributed by atoms with Gasteiger partial charge in [-0.05, 0) is 30.8 Å². The van der Waals surface area contributed by atoms with Gasteiger partial charge in [0, 0.05) is 29.6 Å². The molecule has 0 spiro atoms. The Hall–Kier alpha value is -1.79. The van der Waals surface area contributed by atoms with Crippen molar-refractivity contribution < 1.29 is 0 Å². The molecule has 0 saturated heterocycles. The summed E-state index contributed by atoms with van der Waals surface area (Å²) < 4.78 is 2.87. The molecule has 108 valence electrons. The minimum Gasteiger partial charge on any atom is -0.295 e. The van der Waals surface area contributed by atoms with Gasteiger partial charge in [-0.25, -0.2) is 4.98 Å². The third-order valence-corrected chi connectivity index (χ3v) is 3.86. The molecule has 0 bridgehead atoms. The number of pyridine rings is 1. The van der Waals surface area contributed by atoms with Crippen molar-refractivity contribution in [1.82, 2.24) is 24.6 Å². The average molecular weight is 346 g/mol. The molecule has 0 aliphatic carbocycles. The number of aromatic nitrogens is 4. The van der Waals surface area contributed by atoms with E-state index >= 15 is 0 Å². The van der Waals surface area contributed by atoms with Crippen LogP contribution in [0.1, 0.15) is 11.4 Å². The zero-order chi connectivity index (χ0) is 14.8. The van der Waals surface area contributed by atoms with Crippen LogP contribution in [0.25, 0.3) is 10.9 Å². The van der Waals surface area contributed by atoms with E-state index in [2.05, 4.69) is 61.1 Å². The van der Waals surface area contributed by atoms with Gasteiger partial charge < -0.3 is 0 Å². The third-order valence-electron chi connectivity index (χ3n) is 3.41. The third kappa shape index (κ3) is 3.11. The molecule has 1 aromatic carbocycles. The zero-order valence-corrected chi connectivity index (χ0v) is 13.6. The van der Waals surface area contributed by atoms with Crippen molar-refractivity contribution in [2.24, 2.45) is 7.05 Å². The first-order valence-corrected chi connectivity index (χ1v) is 7.47. The van der Waals surface area contributed by atoms with E-state index in [1.165, 1.54) is 5.56 Å². The first kappa shape index (κ1) is 14.2. The SMILES string of the molecule is CN(Cc1cc(Br)cc2cccnc12)Cc1ncnn1C. The Morgan fingerprint density at radius 1 is 1.24 bits per heavy atom. The summed E-state index contributed by atoms with van der Waals surface area (Å²) in [7, 11) is 3.98. The molecular weight excluding hydrogens is 330 g/mol. The van der Waals surface area contributed by atoms with Crippen LogP contribution in [0.2, 0.25) is 0 Å². The van der Waals surface area contributed by atoms with E-state index in [0.29, 0.717) is 0 Å². The molecule has 0 radical (unpaired) electrons. The zero-order valence-electron chi connectivity index (χ0n) is 12.0. The van der Waals surface area contributed by atoms with Crippen molar-refractivity contribution in [3.63, 3.8) is 0 Å². The highest BCUT2D eigenvalue weighted by Crippen LogP contribution is 2.23. The Bertz CT molecular complexity index is 768. The molecule has 0 unspecified atom stereocenters. The number of fused-ring (bicyclic) bond motifs is 1. The lowest BCUT2D eigenvalue weighted by Gasteiger charge is -2.17. The van der Waals surface area contributed by atoms with E-state index < -0.39 is 0 Å². The molecule has 2 heterocycles. The lowest BCUT2D eigenvalue weighted by atomic mass is 10.1. The molecule has 0 atom stereocenters. The van der Waals surface area contributed by atoms with E-state index in [1.54, 1.807) is 11.0 Å². The molecule has 0 saturated carbocycles. The molecular formula is C15H16BrN5. The van der Waals surface area contributed by atoms with E-state index in [9.17, 15) is 0 Å². The van der Waals surface area contributed by atoms with Gasteiger partial charge in [-0.15, -0.1) is 0 Å². The Labute approximate surface area is 131 Å². The fourth-order valence-electron chi connectivity index (χ4n) is 2.40. The highest BCUT2D eigenvalue weighted by Gasteiger charge is 2.10. The van der Waals surface area contributed by atoms with Gasteiger partial charge in [0.05, 0.1) is 12.1 Å². The first-order valence-electron chi connectivity index (χ1n) is 6.68. The first-order chi connectivity index (χ1) is 10.1. The number of nitrogens with zero attached hydrogens (tertiary/aromatic N) is 5. The van der Waals surface area contributed by atoms with E-state index in [4.69, 9.17) is 0 Å². The summed E-state index contributed by atoms with van der Waals surface area (Å²) in [5.74, 6) is 0.949. The van der Waals surface area contributed by atoms with Gasteiger partial charge in [0.15, 0.2) is 0 Å². The van der Waals surface area contributed by atoms with Crippen LogP contribution < -0.4 is 0 Å². The van der Waals surface area contributed by atoms with Gasteiger partial charge in [0.2, 0.25) is 0 Å². The van der Waals surface area contributed by atoms with Crippen molar-refractivity contribution in [3.8, 4) is 0 Å². The van der Waals surface area contributed by atoms with Crippen LogP contribution in [-0.2, 0) is 20.1 Å². The van der Waals surface area contributed by atoms with Gasteiger partial charge in [0.1, 0.15) is 12.2 Å². The number of hydrogen-bond donors (Lipinski definition) is 0. The molecule has 0 N–H and O–H groups in total. The largest absolute Gasteiger partial charge is 0.295 e. The van der Waals surface area contributed by atoms with E-state index in [-0.39, 0.29) is 0 Å². The summed E-state index contributed by atoms with van der Waals surface area (Å²) in [6.45, 7) is 1.55. The number of benzene rings is 1. The summed E-state index contributed by atoms with van der Waals surface area (Å²) in [6, 6.07) is 8.26. The highest BCUT2D eigenvalue weighted by atomic mass is 79.9. The number of rotatable bonds is 4. The average Bonchev–Trinajstić information content (AvgIpc) is 2.84. The van der Waals surface area contributed by atoms with Crippen LogP contribution in [-0.4, -0.2) is 31.7 Å². The molecule has 21 heavy (non-hydrogen) atoms. The summed E-state index contributed by atoms with van der Waals surface area (Å²) in [6.07, 6.45) is 3.42. The van der Waals surface area contributed by atoms with Crippen LogP contribution in [0.15, 0.2) is 41.3 Å². The predicted octanol–water partition coefficient (Wildman–Crippen LogP) is 2.76. The lowest BCUT2D eigenvalue weighted by molar-refractivity contribution is 0.306. The molecule has 3 aromatic rings. The molecule has 5 nitrogen and oxygen atoms in total. The van der Waals surface area contributed by atoms with Crippen LogP contribution >= 0.6 is 15.9 Å². The Kier molecular flexibility index (Phi) is 3.98. The summed E-state index contributed by atoms with van der Waals surface area (Å²) in [4.78, 5) is 11.0. The molecule has 0 amide bonds. The maximum atomic E-state index is 4.51. The molecule has 3 rings (SSSR count). The maximum absolute atomic E-state index is 4.51. The fourth-order valence-corrected chi connectivity index (χ4v) is 2.92. The van der Waals surface area contributed by atoms with Gasteiger partial charge in [-0.1, -0.05) is 22.0 Å². The quantitative estimate of drug-likeness (QED) is 0.729. The van der Waals surface area contributed by atoms with Gasteiger partial charge in [0.25, 0.3) is 0 Å². The van der Waals surface area contributed by atoms with Crippen molar-refractivity contribution >= 4 is 26.8 Å². The lowest BCUT2D eigenvalue weighted by Crippen LogP contribution is -2.20. The summed E-state index contributed by atoms with van der Waals surface area (Å²) in [5, 5.41) is 5.25. The van der Waals surface area contributed by atoms with Crippen LogP contribution in [0.4, 0.5) is 0 Å². The van der Waals surface area contributed by atoms with Gasteiger partial charge in [-0.2, -0.15) is 5.10 Å².